The number of methoxy groups -OCH3 is 1. The first-order chi connectivity index (χ1) is 17.6. The van der Waals surface area contributed by atoms with Crippen molar-refractivity contribution in [3.8, 4) is 5.75 Å². The van der Waals surface area contributed by atoms with Gasteiger partial charge >= 0.3 is 0 Å². The molecule has 2 heterocycles. The third-order valence-electron chi connectivity index (χ3n) is 6.82. The van der Waals surface area contributed by atoms with Crippen LogP contribution in [0.15, 0.2) is 66.7 Å². The number of anilines is 2. The van der Waals surface area contributed by atoms with E-state index in [1.165, 1.54) is 11.1 Å². The maximum atomic E-state index is 13.4. The molecular weight excluding hydrogens is 454 g/mol. The lowest BCUT2D eigenvalue weighted by atomic mass is 9.98. The minimum atomic E-state index is -0.265. The van der Waals surface area contributed by atoms with E-state index in [4.69, 9.17) is 9.47 Å². The third-order valence-corrected chi connectivity index (χ3v) is 6.82. The van der Waals surface area contributed by atoms with Crippen LogP contribution in [0.5, 0.6) is 5.75 Å². The first-order valence-electron chi connectivity index (χ1n) is 12.4. The lowest BCUT2D eigenvalue weighted by Crippen LogP contribution is -2.35. The summed E-state index contributed by atoms with van der Waals surface area (Å²) in [6, 6.07) is 20.9. The Kier molecular flexibility index (Phi) is 7.18. The number of carbonyl (C=O) groups excluding carboxylic acids is 2. The van der Waals surface area contributed by atoms with Crippen molar-refractivity contribution in [2.75, 3.05) is 37.0 Å². The van der Waals surface area contributed by atoms with Crippen LogP contribution in [0.1, 0.15) is 44.7 Å². The van der Waals surface area contributed by atoms with Gasteiger partial charge in [0, 0.05) is 43.2 Å². The van der Waals surface area contributed by atoms with Crippen molar-refractivity contribution in [2.45, 2.75) is 31.9 Å². The second kappa shape index (κ2) is 10.8. The number of rotatable bonds is 7. The average molecular weight is 486 g/mol. The van der Waals surface area contributed by atoms with Crippen molar-refractivity contribution in [3.05, 3.63) is 89.0 Å². The molecule has 2 N–H and O–H groups in total. The molecular formula is C29H31N3O4. The van der Waals surface area contributed by atoms with Crippen molar-refractivity contribution in [1.29, 1.82) is 0 Å². The summed E-state index contributed by atoms with van der Waals surface area (Å²) in [6.07, 6.45) is 2.94. The summed E-state index contributed by atoms with van der Waals surface area (Å²) >= 11 is 0. The van der Waals surface area contributed by atoms with Gasteiger partial charge in [0.25, 0.3) is 11.8 Å². The van der Waals surface area contributed by atoms with Gasteiger partial charge in [-0.2, -0.15) is 0 Å². The van der Waals surface area contributed by atoms with Gasteiger partial charge in [-0.1, -0.05) is 30.3 Å². The molecule has 1 atom stereocenters. The van der Waals surface area contributed by atoms with Gasteiger partial charge in [-0.05, 0) is 66.8 Å². The number of hydrogen-bond acceptors (Lipinski definition) is 5. The van der Waals surface area contributed by atoms with Crippen LogP contribution < -0.4 is 20.3 Å². The molecule has 0 bridgehead atoms. The third kappa shape index (κ3) is 5.36. The Labute approximate surface area is 211 Å². The van der Waals surface area contributed by atoms with E-state index in [9.17, 15) is 9.59 Å². The highest BCUT2D eigenvalue weighted by Gasteiger charge is 2.23. The minimum absolute atomic E-state index is 0.0511. The van der Waals surface area contributed by atoms with Crippen LogP contribution in [-0.4, -0.2) is 44.7 Å². The quantitative estimate of drug-likeness (QED) is 0.518. The van der Waals surface area contributed by atoms with E-state index in [0.29, 0.717) is 29.1 Å². The van der Waals surface area contributed by atoms with E-state index >= 15 is 0 Å². The van der Waals surface area contributed by atoms with Gasteiger partial charge in [-0.15, -0.1) is 0 Å². The Hall–Kier alpha value is -3.84. The van der Waals surface area contributed by atoms with Crippen LogP contribution in [-0.2, 0) is 17.7 Å². The zero-order chi connectivity index (χ0) is 24.9. The van der Waals surface area contributed by atoms with Gasteiger partial charge < -0.3 is 25.0 Å². The second-order valence-corrected chi connectivity index (χ2v) is 9.20. The molecule has 2 aliphatic heterocycles. The van der Waals surface area contributed by atoms with Crippen molar-refractivity contribution in [2.24, 2.45) is 0 Å². The molecule has 0 aliphatic carbocycles. The fraction of sp³-hybridized carbons (Fsp3) is 0.310. The SMILES string of the molecule is COc1cccc(C(=O)Nc2ccc(N3CCc4ccccc4C3)c(C(=O)NCC3CCCO3)c2)c1. The van der Waals surface area contributed by atoms with E-state index in [0.717, 1.165) is 44.6 Å². The molecule has 7 nitrogen and oxygen atoms in total. The molecule has 2 amide bonds. The van der Waals surface area contributed by atoms with Crippen molar-refractivity contribution in [3.63, 3.8) is 0 Å². The topological polar surface area (TPSA) is 79.9 Å². The first-order valence-corrected chi connectivity index (χ1v) is 12.4. The largest absolute Gasteiger partial charge is 0.497 e. The zero-order valence-corrected chi connectivity index (χ0v) is 20.5. The van der Waals surface area contributed by atoms with Crippen LogP contribution in [0, 0.1) is 0 Å². The van der Waals surface area contributed by atoms with E-state index in [2.05, 4.69) is 39.8 Å². The number of fused-ring (bicyclic) bond motifs is 1. The summed E-state index contributed by atoms with van der Waals surface area (Å²) in [6.45, 7) is 2.77. The summed E-state index contributed by atoms with van der Waals surface area (Å²) in [4.78, 5) is 28.5. The van der Waals surface area contributed by atoms with Crippen LogP contribution in [0.25, 0.3) is 0 Å². The van der Waals surface area contributed by atoms with Gasteiger partial charge in [0.2, 0.25) is 0 Å². The molecule has 186 valence electrons. The van der Waals surface area contributed by atoms with E-state index in [1.54, 1.807) is 37.4 Å². The highest BCUT2D eigenvalue weighted by Crippen LogP contribution is 2.30. The molecule has 0 saturated carbocycles. The summed E-state index contributed by atoms with van der Waals surface area (Å²) in [7, 11) is 1.57. The summed E-state index contributed by atoms with van der Waals surface area (Å²) in [5, 5.41) is 5.98. The van der Waals surface area contributed by atoms with E-state index in [1.807, 2.05) is 12.1 Å². The first kappa shape index (κ1) is 23.9. The van der Waals surface area contributed by atoms with Crippen LogP contribution in [0.4, 0.5) is 11.4 Å². The number of amides is 2. The molecule has 1 saturated heterocycles. The van der Waals surface area contributed by atoms with E-state index in [-0.39, 0.29) is 17.9 Å². The van der Waals surface area contributed by atoms with E-state index < -0.39 is 0 Å². The standard InChI is InChI=1S/C29H31N3O4/c1-35-24-9-4-8-21(16-24)28(33)31-23-11-12-27(32-14-13-20-6-2-3-7-22(20)19-32)26(17-23)29(34)30-18-25-10-5-15-36-25/h2-4,6-9,11-12,16-17,25H,5,10,13-15,18-19H2,1H3,(H,30,34)(H,31,33). The molecule has 3 aromatic rings. The van der Waals surface area contributed by atoms with Crippen LogP contribution in [0.2, 0.25) is 0 Å². The molecule has 2 aliphatic rings. The molecule has 1 fully saturated rings. The maximum absolute atomic E-state index is 13.4. The number of benzene rings is 3. The number of nitrogens with one attached hydrogen (secondary N) is 2. The zero-order valence-electron chi connectivity index (χ0n) is 20.5. The summed E-state index contributed by atoms with van der Waals surface area (Å²) in [5.74, 6) is 0.175. The van der Waals surface area contributed by atoms with Gasteiger partial charge in [0.15, 0.2) is 0 Å². The summed E-state index contributed by atoms with van der Waals surface area (Å²) in [5.41, 5.74) is 5.05. The minimum Gasteiger partial charge on any atom is -0.497 e. The predicted octanol–water partition coefficient (Wildman–Crippen LogP) is 4.42. The second-order valence-electron chi connectivity index (χ2n) is 9.20. The highest BCUT2D eigenvalue weighted by molar-refractivity contribution is 6.06. The smallest absolute Gasteiger partial charge is 0.255 e. The Morgan fingerprint density at radius 2 is 1.89 bits per heavy atom. The fourth-order valence-corrected chi connectivity index (χ4v) is 4.85. The molecule has 7 heteroatoms. The molecule has 5 rings (SSSR count). The molecule has 1 unspecified atom stereocenters. The number of ether oxygens (including phenoxy) is 2. The highest BCUT2D eigenvalue weighted by atomic mass is 16.5. The normalized spacial score (nSPS) is 16.8. The summed E-state index contributed by atoms with van der Waals surface area (Å²) < 4.78 is 10.9. The number of carbonyl (C=O) groups is 2. The van der Waals surface area contributed by atoms with Gasteiger partial charge in [-0.3, -0.25) is 9.59 Å². The Bertz CT molecular complexity index is 1250. The lowest BCUT2D eigenvalue weighted by Gasteiger charge is -2.32. The molecule has 0 spiro atoms. The van der Waals surface area contributed by atoms with Crippen molar-refractivity contribution in [1.82, 2.24) is 5.32 Å². The average Bonchev–Trinajstić information content (AvgIpc) is 3.45. The Morgan fingerprint density at radius 1 is 1.03 bits per heavy atom. The fourth-order valence-electron chi connectivity index (χ4n) is 4.85. The van der Waals surface area contributed by atoms with Crippen LogP contribution in [0.3, 0.4) is 0 Å². The lowest BCUT2D eigenvalue weighted by molar-refractivity contribution is 0.0858. The number of nitrogens with zero attached hydrogens (tertiary/aromatic N) is 1. The monoisotopic (exact) mass is 485 g/mol. The maximum Gasteiger partial charge on any atom is 0.255 e. The molecule has 0 radical (unpaired) electrons. The van der Waals surface area contributed by atoms with Crippen molar-refractivity contribution < 1.29 is 19.1 Å². The van der Waals surface area contributed by atoms with Gasteiger partial charge in [0.05, 0.1) is 18.8 Å². The Balaban J connectivity index is 1.40. The molecule has 0 aromatic heterocycles. The van der Waals surface area contributed by atoms with Gasteiger partial charge in [-0.25, -0.2) is 0 Å². The Morgan fingerprint density at radius 3 is 2.69 bits per heavy atom. The predicted molar refractivity (Wildman–Crippen MR) is 140 cm³/mol. The van der Waals surface area contributed by atoms with Crippen LogP contribution >= 0.6 is 0 Å². The van der Waals surface area contributed by atoms with Crippen molar-refractivity contribution >= 4 is 23.2 Å². The molecule has 3 aromatic carbocycles. The van der Waals surface area contributed by atoms with Gasteiger partial charge in [0.1, 0.15) is 5.75 Å². The number of hydrogen-bond donors (Lipinski definition) is 2. The molecule has 36 heavy (non-hydrogen) atoms.